The summed E-state index contributed by atoms with van der Waals surface area (Å²) in [6.07, 6.45) is 3.06. The van der Waals surface area contributed by atoms with Crippen molar-refractivity contribution in [2.75, 3.05) is 0 Å². The van der Waals surface area contributed by atoms with Crippen LogP contribution >= 0.6 is 0 Å². The van der Waals surface area contributed by atoms with Gasteiger partial charge < -0.3 is 10.1 Å². The van der Waals surface area contributed by atoms with E-state index in [9.17, 15) is 10.1 Å². The molecule has 0 spiro atoms. The fourth-order valence-electron chi connectivity index (χ4n) is 2.44. The molecule has 2 aromatic carbocycles. The van der Waals surface area contributed by atoms with E-state index >= 15 is 0 Å². The van der Waals surface area contributed by atoms with Crippen LogP contribution in [0.3, 0.4) is 0 Å². The molecule has 3 aromatic rings. The number of ether oxygens (including phenoxy) is 1. The van der Waals surface area contributed by atoms with Crippen LogP contribution in [0.5, 0.6) is 5.75 Å². The van der Waals surface area contributed by atoms with Crippen molar-refractivity contribution in [3.05, 3.63) is 83.7 Å². The summed E-state index contributed by atoms with van der Waals surface area (Å²) in [6, 6.07) is 18.4. The average Bonchev–Trinajstić information content (AvgIpc) is 3.12. The lowest BCUT2D eigenvalue weighted by atomic mass is 10.1. The lowest BCUT2D eigenvalue weighted by Crippen LogP contribution is -2.27. The molecule has 0 aliphatic carbocycles. The molecule has 1 heterocycles. The van der Waals surface area contributed by atoms with Crippen molar-refractivity contribution in [3.8, 4) is 11.8 Å². The van der Waals surface area contributed by atoms with Crippen molar-refractivity contribution < 1.29 is 9.53 Å². The van der Waals surface area contributed by atoms with Crippen LogP contribution < -0.4 is 10.1 Å². The van der Waals surface area contributed by atoms with Gasteiger partial charge in [0.25, 0.3) is 5.91 Å². The maximum Gasteiger partial charge on any atom is 0.255 e. The minimum atomic E-state index is -0.745. The number of nitrogens with one attached hydrogen (secondary N) is 1. The van der Waals surface area contributed by atoms with Crippen LogP contribution in [0.4, 0.5) is 0 Å². The summed E-state index contributed by atoms with van der Waals surface area (Å²) in [5, 5.41) is 16.0. The third kappa shape index (κ3) is 4.28. The number of nitriles is 1. The van der Waals surface area contributed by atoms with Crippen LogP contribution in [-0.4, -0.2) is 15.7 Å². The number of nitrogens with zero attached hydrogens (tertiary/aromatic N) is 3. The summed E-state index contributed by atoms with van der Waals surface area (Å²) in [5.41, 5.74) is 2.18. The highest BCUT2D eigenvalue weighted by molar-refractivity contribution is 5.94. The van der Waals surface area contributed by atoms with Gasteiger partial charge in [-0.3, -0.25) is 9.48 Å². The van der Waals surface area contributed by atoms with E-state index in [1.807, 2.05) is 30.3 Å². The molecule has 1 aromatic heterocycles. The third-order valence-electron chi connectivity index (χ3n) is 3.83. The highest BCUT2D eigenvalue weighted by atomic mass is 16.5. The van der Waals surface area contributed by atoms with Crippen molar-refractivity contribution in [2.24, 2.45) is 7.05 Å². The maximum atomic E-state index is 12.2. The number of rotatable bonds is 6. The van der Waals surface area contributed by atoms with Crippen molar-refractivity contribution in [1.29, 1.82) is 5.26 Å². The van der Waals surface area contributed by atoms with Crippen LogP contribution in [0.1, 0.15) is 27.5 Å². The first-order valence-electron chi connectivity index (χ1n) is 8.11. The normalized spacial score (nSPS) is 11.4. The Morgan fingerprint density at radius 3 is 2.58 bits per heavy atom. The first-order chi connectivity index (χ1) is 12.7. The molecule has 1 N–H and O–H groups in total. The fraction of sp³-hybridized carbons (Fsp3) is 0.150. The molecule has 0 saturated heterocycles. The monoisotopic (exact) mass is 346 g/mol. The van der Waals surface area contributed by atoms with E-state index in [4.69, 9.17) is 4.74 Å². The number of benzene rings is 2. The molecule has 0 saturated carbocycles. The Labute approximate surface area is 151 Å². The van der Waals surface area contributed by atoms with Gasteiger partial charge in [0.05, 0.1) is 17.8 Å². The molecule has 6 nitrogen and oxygen atoms in total. The number of hydrogen-bond acceptors (Lipinski definition) is 4. The minimum absolute atomic E-state index is 0.339. The predicted octanol–water partition coefficient (Wildman–Crippen LogP) is 2.99. The predicted molar refractivity (Wildman–Crippen MR) is 96.2 cm³/mol. The molecule has 0 fully saturated rings. The molecular weight excluding hydrogens is 328 g/mol. The standard InChI is InChI=1S/C20H18N4O2/c1-24-13-17(12-22-24)20(25)23-19(11-21)16-7-9-18(10-8-16)26-14-15-5-3-2-4-6-15/h2-10,12-13,19H,14H2,1H3,(H,23,25)/t19-/m1/s1. The zero-order chi connectivity index (χ0) is 18.4. The lowest BCUT2D eigenvalue weighted by Gasteiger charge is -2.12. The van der Waals surface area contributed by atoms with E-state index in [1.165, 1.54) is 10.9 Å². The molecule has 130 valence electrons. The van der Waals surface area contributed by atoms with Gasteiger partial charge in [-0.1, -0.05) is 42.5 Å². The van der Waals surface area contributed by atoms with Crippen molar-refractivity contribution in [3.63, 3.8) is 0 Å². The molecule has 1 atom stereocenters. The van der Waals surface area contributed by atoms with Crippen LogP contribution in [0.15, 0.2) is 67.0 Å². The van der Waals surface area contributed by atoms with Gasteiger partial charge in [-0.25, -0.2) is 0 Å². The van der Waals surface area contributed by atoms with Crippen molar-refractivity contribution in [1.82, 2.24) is 15.1 Å². The first kappa shape index (κ1) is 17.2. The van der Waals surface area contributed by atoms with Gasteiger partial charge in [-0.2, -0.15) is 10.4 Å². The minimum Gasteiger partial charge on any atom is -0.489 e. The Kier molecular flexibility index (Phi) is 5.30. The van der Waals surface area contributed by atoms with Gasteiger partial charge in [0, 0.05) is 13.2 Å². The quantitative estimate of drug-likeness (QED) is 0.744. The second-order valence-electron chi connectivity index (χ2n) is 5.78. The topological polar surface area (TPSA) is 79.9 Å². The van der Waals surface area contributed by atoms with E-state index in [0.717, 1.165) is 5.56 Å². The van der Waals surface area contributed by atoms with E-state index < -0.39 is 6.04 Å². The Bertz CT molecular complexity index is 911. The molecule has 0 unspecified atom stereocenters. The Balaban J connectivity index is 1.62. The summed E-state index contributed by atoms with van der Waals surface area (Å²) in [4.78, 5) is 12.2. The number of amides is 1. The van der Waals surface area contributed by atoms with E-state index in [1.54, 1.807) is 37.5 Å². The summed E-state index contributed by atoms with van der Waals surface area (Å²) in [5.74, 6) is 0.363. The number of aryl methyl sites for hydroxylation is 1. The Morgan fingerprint density at radius 2 is 1.96 bits per heavy atom. The summed E-state index contributed by atoms with van der Waals surface area (Å²) < 4.78 is 7.27. The zero-order valence-corrected chi connectivity index (χ0v) is 14.3. The van der Waals surface area contributed by atoms with Crippen molar-refractivity contribution in [2.45, 2.75) is 12.6 Å². The molecule has 6 heteroatoms. The molecule has 0 bridgehead atoms. The second-order valence-corrected chi connectivity index (χ2v) is 5.78. The van der Waals surface area contributed by atoms with Gasteiger partial charge >= 0.3 is 0 Å². The summed E-state index contributed by atoms with van der Waals surface area (Å²) in [6.45, 7) is 0.472. The molecule has 0 aliphatic heterocycles. The molecule has 26 heavy (non-hydrogen) atoms. The Hall–Kier alpha value is -3.59. The lowest BCUT2D eigenvalue weighted by molar-refractivity contribution is 0.0945. The van der Waals surface area contributed by atoms with Gasteiger partial charge in [-0.15, -0.1) is 0 Å². The summed E-state index contributed by atoms with van der Waals surface area (Å²) >= 11 is 0. The van der Waals surface area contributed by atoms with Crippen LogP contribution in [0.2, 0.25) is 0 Å². The smallest absolute Gasteiger partial charge is 0.255 e. The second kappa shape index (κ2) is 7.99. The van der Waals surface area contributed by atoms with Gasteiger partial charge in [0.2, 0.25) is 0 Å². The highest BCUT2D eigenvalue weighted by Gasteiger charge is 2.16. The fourth-order valence-corrected chi connectivity index (χ4v) is 2.44. The van der Waals surface area contributed by atoms with Crippen LogP contribution in [0, 0.1) is 11.3 Å². The van der Waals surface area contributed by atoms with Gasteiger partial charge in [0.15, 0.2) is 0 Å². The largest absolute Gasteiger partial charge is 0.489 e. The van der Waals surface area contributed by atoms with Gasteiger partial charge in [-0.05, 0) is 23.3 Å². The first-order valence-corrected chi connectivity index (χ1v) is 8.11. The van der Waals surface area contributed by atoms with Crippen LogP contribution in [0.25, 0.3) is 0 Å². The molecule has 0 aliphatic rings. The zero-order valence-electron chi connectivity index (χ0n) is 14.3. The number of hydrogen-bond donors (Lipinski definition) is 1. The SMILES string of the molecule is Cn1cc(C(=O)N[C@H](C#N)c2ccc(OCc3ccccc3)cc2)cn1. The van der Waals surface area contributed by atoms with Crippen LogP contribution in [-0.2, 0) is 13.7 Å². The van der Waals surface area contributed by atoms with E-state index in [0.29, 0.717) is 23.5 Å². The van der Waals surface area contributed by atoms with Gasteiger partial charge in [0.1, 0.15) is 18.4 Å². The maximum absolute atomic E-state index is 12.2. The average molecular weight is 346 g/mol. The number of aromatic nitrogens is 2. The molecule has 3 rings (SSSR count). The van der Waals surface area contributed by atoms with E-state index in [2.05, 4.69) is 16.5 Å². The molecule has 0 radical (unpaired) electrons. The molecule has 1 amide bonds. The Morgan fingerprint density at radius 1 is 1.23 bits per heavy atom. The summed E-state index contributed by atoms with van der Waals surface area (Å²) in [7, 11) is 1.73. The van der Waals surface area contributed by atoms with E-state index in [-0.39, 0.29) is 5.91 Å². The number of carbonyl (C=O) groups excluding carboxylic acids is 1. The highest BCUT2D eigenvalue weighted by Crippen LogP contribution is 2.19. The number of carbonyl (C=O) groups is 1. The molecular formula is C20H18N4O2. The third-order valence-corrected chi connectivity index (χ3v) is 3.83. The van der Waals surface area contributed by atoms with Crippen molar-refractivity contribution >= 4 is 5.91 Å².